The number of carbonyl (C=O) groups is 3. The number of fused-ring (bicyclic) bond motifs is 1. The van der Waals surface area contributed by atoms with Crippen LogP contribution in [0.5, 0.6) is 0 Å². The maximum atomic E-state index is 12.7. The van der Waals surface area contributed by atoms with E-state index < -0.39 is 18.0 Å². The summed E-state index contributed by atoms with van der Waals surface area (Å²) in [4.78, 5) is 37.2. The first-order valence-corrected chi connectivity index (χ1v) is 7.70. The molecule has 1 aliphatic heterocycles. The molecule has 1 aliphatic rings. The third-order valence-electron chi connectivity index (χ3n) is 4.20. The molecule has 8 heteroatoms. The number of aromatic carboxylic acids is 1. The quantitative estimate of drug-likeness (QED) is 0.820. The Morgan fingerprint density at radius 2 is 1.96 bits per heavy atom. The molecule has 0 radical (unpaired) electrons. The second-order valence-electron chi connectivity index (χ2n) is 5.74. The van der Waals surface area contributed by atoms with Gasteiger partial charge in [-0.15, -0.1) is 0 Å². The molecule has 0 spiro atoms. The SMILES string of the molecule is COC(=O)C1Cc2ccccc2CN1C(=O)Cn1ccc(C(=O)O)n1. The fourth-order valence-electron chi connectivity index (χ4n) is 2.92. The summed E-state index contributed by atoms with van der Waals surface area (Å²) >= 11 is 0. The van der Waals surface area contributed by atoms with Crippen molar-refractivity contribution in [3.8, 4) is 0 Å². The van der Waals surface area contributed by atoms with Crippen molar-refractivity contribution in [2.75, 3.05) is 7.11 Å². The van der Waals surface area contributed by atoms with E-state index in [1.165, 1.54) is 29.0 Å². The molecular formula is C17H17N3O5. The van der Waals surface area contributed by atoms with Crippen molar-refractivity contribution in [3.05, 3.63) is 53.3 Å². The predicted octanol–water partition coefficient (Wildman–Crippen LogP) is 0.708. The van der Waals surface area contributed by atoms with Crippen LogP contribution in [0.3, 0.4) is 0 Å². The van der Waals surface area contributed by atoms with Gasteiger partial charge in [0.1, 0.15) is 12.6 Å². The molecule has 1 N–H and O–H groups in total. The Hall–Kier alpha value is -3.16. The number of aromatic nitrogens is 2. The second-order valence-corrected chi connectivity index (χ2v) is 5.74. The minimum absolute atomic E-state index is 0.138. The molecule has 2 aromatic rings. The first-order chi connectivity index (χ1) is 12.0. The summed E-state index contributed by atoms with van der Waals surface area (Å²) in [6, 6.07) is 8.23. The molecule has 0 saturated carbocycles. The third-order valence-corrected chi connectivity index (χ3v) is 4.20. The van der Waals surface area contributed by atoms with Gasteiger partial charge >= 0.3 is 11.9 Å². The van der Waals surface area contributed by atoms with Crippen molar-refractivity contribution in [2.45, 2.75) is 25.6 Å². The summed E-state index contributed by atoms with van der Waals surface area (Å²) in [5.41, 5.74) is 1.85. The summed E-state index contributed by atoms with van der Waals surface area (Å²) in [7, 11) is 1.29. The lowest BCUT2D eigenvalue weighted by molar-refractivity contribution is -0.154. The smallest absolute Gasteiger partial charge is 0.356 e. The lowest BCUT2D eigenvalue weighted by Gasteiger charge is -2.35. The van der Waals surface area contributed by atoms with Crippen LogP contribution in [0.4, 0.5) is 0 Å². The first-order valence-electron chi connectivity index (χ1n) is 7.70. The minimum Gasteiger partial charge on any atom is -0.476 e. The summed E-state index contributed by atoms with van der Waals surface area (Å²) in [5.74, 6) is -1.97. The Bertz CT molecular complexity index is 829. The highest BCUT2D eigenvalue weighted by molar-refractivity contribution is 5.86. The Morgan fingerprint density at radius 3 is 2.60 bits per heavy atom. The van der Waals surface area contributed by atoms with Gasteiger partial charge in [-0.05, 0) is 17.2 Å². The maximum absolute atomic E-state index is 12.7. The van der Waals surface area contributed by atoms with Gasteiger partial charge in [0.25, 0.3) is 0 Å². The van der Waals surface area contributed by atoms with E-state index in [1.54, 1.807) is 0 Å². The van der Waals surface area contributed by atoms with Gasteiger partial charge in [-0.1, -0.05) is 24.3 Å². The van der Waals surface area contributed by atoms with Crippen LogP contribution in [0.1, 0.15) is 21.6 Å². The van der Waals surface area contributed by atoms with Gasteiger partial charge in [-0.3, -0.25) is 9.48 Å². The van der Waals surface area contributed by atoms with Crippen molar-refractivity contribution in [1.82, 2.24) is 14.7 Å². The van der Waals surface area contributed by atoms with Crippen LogP contribution in [0.25, 0.3) is 0 Å². The van der Waals surface area contributed by atoms with Crippen molar-refractivity contribution in [3.63, 3.8) is 0 Å². The highest BCUT2D eigenvalue weighted by Crippen LogP contribution is 2.24. The molecule has 25 heavy (non-hydrogen) atoms. The summed E-state index contributed by atoms with van der Waals surface area (Å²) in [6.07, 6.45) is 1.81. The molecule has 1 amide bonds. The van der Waals surface area contributed by atoms with Crippen LogP contribution in [0.15, 0.2) is 36.5 Å². The van der Waals surface area contributed by atoms with E-state index in [-0.39, 0.29) is 18.1 Å². The topological polar surface area (TPSA) is 102 Å². The van der Waals surface area contributed by atoms with Gasteiger partial charge in [-0.25, -0.2) is 9.59 Å². The molecular weight excluding hydrogens is 326 g/mol. The van der Waals surface area contributed by atoms with Gasteiger partial charge in [0.2, 0.25) is 5.91 Å². The lowest BCUT2D eigenvalue weighted by atomic mass is 9.94. The number of ether oxygens (including phenoxy) is 1. The summed E-state index contributed by atoms with van der Waals surface area (Å²) < 4.78 is 6.09. The minimum atomic E-state index is -1.16. The van der Waals surface area contributed by atoms with Crippen LogP contribution in [-0.2, 0) is 33.8 Å². The largest absolute Gasteiger partial charge is 0.476 e. The zero-order chi connectivity index (χ0) is 18.0. The Kier molecular flexibility index (Phi) is 4.51. The number of amides is 1. The van der Waals surface area contributed by atoms with E-state index in [2.05, 4.69) is 5.10 Å². The summed E-state index contributed by atoms with van der Waals surface area (Å²) in [5, 5.41) is 12.7. The van der Waals surface area contributed by atoms with E-state index in [0.717, 1.165) is 11.1 Å². The molecule has 3 rings (SSSR count). The van der Waals surface area contributed by atoms with Gasteiger partial charge in [0.05, 0.1) is 7.11 Å². The molecule has 1 atom stereocenters. The Labute approximate surface area is 143 Å². The van der Waals surface area contributed by atoms with Gasteiger partial charge in [0.15, 0.2) is 5.69 Å². The molecule has 1 aromatic heterocycles. The fourth-order valence-corrected chi connectivity index (χ4v) is 2.92. The number of hydrogen-bond donors (Lipinski definition) is 1. The normalized spacial score (nSPS) is 16.2. The van der Waals surface area contributed by atoms with Crippen molar-refractivity contribution in [1.29, 1.82) is 0 Å². The van der Waals surface area contributed by atoms with Crippen molar-refractivity contribution >= 4 is 17.8 Å². The standard InChI is InChI=1S/C17H17N3O5/c1-25-17(24)14-8-11-4-2-3-5-12(11)9-20(14)15(21)10-19-7-6-13(18-19)16(22)23/h2-7,14H,8-10H2,1H3,(H,22,23). The van der Waals surface area contributed by atoms with E-state index in [4.69, 9.17) is 9.84 Å². The van der Waals surface area contributed by atoms with E-state index >= 15 is 0 Å². The number of benzene rings is 1. The number of carboxylic acids is 1. The Morgan fingerprint density at radius 1 is 1.24 bits per heavy atom. The average Bonchev–Trinajstić information content (AvgIpc) is 3.08. The fraction of sp³-hybridized carbons (Fsp3) is 0.294. The van der Waals surface area contributed by atoms with Gasteiger partial charge in [-0.2, -0.15) is 5.10 Å². The summed E-state index contributed by atoms with van der Waals surface area (Å²) in [6.45, 7) is 0.144. The predicted molar refractivity (Wildman–Crippen MR) is 85.7 cm³/mol. The second kappa shape index (κ2) is 6.76. The van der Waals surface area contributed by atoms with Crippen molar-refractivity contribution in [2.24, 2.45) is 0 Å². The number of nitrogens with zero attached hydrogens (tertiary/aromatic N) is 3. The van der Waals surface area contributed by atoms with Gasteiger partial charge in [0, 0.05) is 19.2 Å². The zero-order valence-corrected chi connectivity index (χ0v) is 13.6. The zero-order valence-electron chi connectivity index (χ0n) is 13.6. The molecule has 0 saturated heterocycles. The monoisotopic (exact) mass is 343 g/mol. The molecule has 0 bridgehead atoms. The van der Waals surface area contributed by atoms with Gasteiger partial charge < -0.3 is 14.7 Å². The molecule has 1 aromatic carbocycles. The molecule has 2 heterocycles. The number of hydrogen-bond acceptors (Lipinski definition) is 5. The Balaban J connectivity index is 1.83. The molecule has 130 valence electrons. The van der Waals surface area contributed by atoms with Crippen LogP contribution < -0.4 is 0 Å². The van der Waals surface area contributed by atoms with E-state index in [0.29, 0.717) is 13.0 Å². The first kappa shape index (κ1) is 16.7. The van der Waals surface area contributed by atoms with Crippen LogP contribution >= 0.6 is 0 Å². The third kappa shape index (κ3) is 3.37. The lowest BCUT2D eigenvalue weighted by Crippen LogP contribution is -2.50. The van der Waals surface area contributed by atoms with E-state index in [9.17, 15) is 14.4 Å². The number of carbonyl (C=O) groups excluding carboxylic acids is 2. The molecule has 8 nitrogen and oxygen atoms in total. The molecule has 1 unspecified atom stereocenters. The van der Waals surface area contributed by atoms with Crippen molar-refractivity contribution < 1.29 is 24.2 Å². The number of carboxylic acid groups (broad SMARTS) is 1. The van der Waals surface area contributed by atoms with Crippen LogP contribution in [0, 0.1) is 0 Å². The molecule has 0 aliphatic carbocycles. The number of rotatable bonds is 4. The number of esters is 1. The average molecular weight is 343 g/mol. The maximum Gasteiger partial charge on any atom is 0.356 e. The molecule has 0 fully saturated rings. The number of methoxy groups -OCH3 is 1. The van der Waals surface area contributed by atoms with Crippen LogP contribution in [0.2, 0.25) is 0 Å². The highest BCUT2D eigenvalue weighted by Gasteiger charge is 2.35. The van der Waals surface area contributed by atoms with E-state index in [1.807, 2.05) is 24.3 Å². The highest BCUT2D eigenvalue weighted by atomic mass is 16.5. The van der Waals surface area contributed by atoms with Crippen LogP contribution in [-0.4, -0.2) is 50.8 Å².